The van der Waals surface area contributed by atoms with E-state index < -0.39 is 5.91 Å². The summed E-state index contributed by atoms with van der Waals surface area (Å²) in [5, 5.41) is 19.0. The largest absolute Gasteiger partial charge is 0.510 e. The van der Waals surface area contributed by atoms with Crippen LogP contribution in [0, 0.1) is 23.1 Å². The van der Waals surface area contributed by atoms with Gasteiger partial charge in [0.05, 0.1) is 5.69 Å². The number of aliphatic hydroxyl groups excluding tert-OH is 1. The highest BCUT2D eigenvalue weighted by atomic mass is 32.1. The predicted octanol–water partition coefficient (Wildman–Crippen LogP) is 3.31. The number of carbonyl (C=O) groups is 1. The number of carbonyl (C=O) groups excluding carboxylic acids is 1. The van der Waals surface area contributed by atoms with Crippen molar-refractivity contribution in [1.29, 1.82) is 5.26 Å². The summed E-state index contributed by atoms with van der Waals surface area (Å²) in [6, 6.07) is 5.89. The molecular formula is C15H15FN2O2S. The van der Waals surface area contributed by atoms with Crippen LogP contribution in [-0.4, -0.2) is 11.0 Å². The number of rotatable bonds is 4. The number of nitrogens with zero attached hydrogens (tertiary/aromatic N) is 2. The summed E-state index contributed by atoms with van der Waals surface area (Å²) in [7, 11) is 0. The van der Waals surface area contributed by atoms with Crippen LogP contribution < -0.4 is 4.31 Å². The molecule has 1 amide bonds. The molecule has 110 valence electrons. The fraction of sp³-hybridized carbons (Fsp3) is 0.333. The van der Waals surface area contributed by atoms with Gasteiger partial charge in [0, 0.05) is 5.92 Å². The van der Waals surface area contributed by atoms with Crippen molar-refractivity contribution < 1.29 is 14.3 Å². The molecule has 6 heteroatoms. The van der Waals surface area contributed by atoms with Crippen LogP contribution in [0.3, 0.4) is 0 Å². The lowest BCUT2D eigenvalue weighted by molar-refractivity contribution is -0.113. The van der Waals surface area contributed by atoms with Crippen molar-refractivity contribution in [3.05, 3.63) is 40.9 Å². The molecule has 1 aromatic rings. The van der Waals surface area contributed by atoms with Gasteiger partial charge in [0.15, 0.2) is 5.57 Å². The van der Waals surface area contributed by atoms with Crippen LogP contribution in [0.5, 0.6) is 0 Å². The number of anilines is 1. The normalized spacial score (nSPS) is 15.1. The van der Waals surface area contributed by atoms with Crippen molar-refractivity contribution >= 4 is 24.4 Å². The third-order valence-corrected chi connectivity index (χ3v) is 3.81. The minimum Gasteiger partial charge on any atom is -0.510 e. The molecule has 0 heterocycles. The first kappa shape index (κ1) is 15.4. The molecule has 0 bridgehead atoms. The SMILES string of the molecule is CCc1cc(N(S)C(=O)C(C#N)=C(O)C2CC2)ccc1F. The van der Waals surface area contributed by atoms with E-state index in [1.165, 1.54) is 18.2 Å². The van der Waals surface area contributed by atoms with Gasteiger partial charge in [-0.15, -0.1) is 0 Å². The molecule has 4 nitrogen and oxygen atoms in total. The first-order valence-electron chi connectivity index (χ1n) is 6.64. The maximum Gasteiger partial charge on any atom is 0.282 e. The van der Waals surface area contributed by atoms with Crippen molar-refractivity contribution in [2.24, 2.45) is 5.92 Å². The van der Waals surface area contributed by atoms with Crippen LogP contribution in [0.4, 0.5) is 10.1 Å². The number of aryl methyl sites for hydroxylation is 1. The van der Waals surface area contributed by atoms with E-state index in [0.717, 1.165) is 17.1 Å². The summed E-state index contributed by atoms with van der Waals surface area (Å²) in [6.07, 6.45) is 2.02. The molecule has 2 rings (SSSR count). The Morgan fingerprint density at radius 3 is 2.76 bits per heavy atom. The number of aliphatic hydroxyl groups is 1. The highest BCUT2D eigenvalue weighted by Crippen LogP contribution is 2.37. The molecule has 0 saturated heterocycles. The molecule has 1 aromatic carbocycles. The smallest absolute Gasteiger partial charge is 0.282 e. The van der Waals surface area contributed by atoms with E-state index in [2.05, 4.69) is 12.8 Å². The lowest BCUT2D eigenvalue weighted by Crippen LogP contribution is -2.24. The van der Waals surface area contributed by atoms with Crippen molar-refractivity contribution in [2.75, 3.05) is 4.31 Å². The first-order chi connectivity index (χ1) is 9.99. The number of halogens is 1. The lowest BCUT2D eigenvalue weighted by atomic mass is 10.1. The van der Waals surface area contributed by atoms with E-state index in [1.807, 2.05) is 0 Å². The minimum absolute atomic E-state index is 0.107. The number of amides is 1. The summed E-state index contributed by atoms with van der Waals surface area (Å²) in [6.45, 7) is 1.80. The zero-order valence-electron chi connectivity index (χ0n) is 11.5. The number of thiol groups is 1. The third-order valence-electron chi connectivity index (χ3n) is 3.39. The number of hydrogen-bond donors (Lipinski definition) is 2. The molecule has 0 unspecified atom stereocenters. The first-order valence-corrected chi connectivity index (χ1v) is 7.04. The molecule has 0 atom stereocenters. The molecule has 1 aliphatic rings. The average molecular weight is 306 g/mol. The number of nitriles is 1. The van der Waals surface area contributed by atoms with Crippen molar-refractivity contribution in [1.82, 2.24) is 0 Å². The van der Waals surface area contributed by atoms with Gasteiger partial charge < -0.3 is 5.11 Å². The second-order valence-corrected chi connectivity index (χ2v) is 5.29. The van der Waals surface area contributed by atoms with Gasteiger partial charge in [-0.05, 0) is 43.0 Å². The van der Waals surface area contributed by atoms with Gasteiger partial charge in [-0.2, -0.15) is 5.26 Å². The van der Waals surface area contributed by atoms with E-state index in [-0.39, 0.29) is 23.1 Å². The average Bonchev–Trinajstić information content (AvgIpc) is 3.32. The zero-order chi connectivity index (χ0) is 15.6. The van der Waals surface area contributed by atoms with Crippen molar-refractivity contribution in [3.63, 3.8) is 0 Å². The Balaban J connectivity index is 2.31. The number of hydrogen-bond acceptors (Lipinski definition) is 4. The van der Waals surface area contributed by atoms with Crippen LogP contribution in [0.1, 0.15) is 25.3 Å². The van der Waals surface area contributed by atoms with Gasteiger partial charge in [0.1, 0.15) is 17.6 Å². The summed E-state index contributed by atoms with van der Waals surface area (Å²) < 4.78 is 14.4. The molecular weight excluding hydrogens is 291 g/mol. The predicted molar refractivity (Wildman–Crippen MR) is 80.2 cm³/mol. The lowest BCUT2D eigenvalue weighted by Gasteiger charge is -2.17. The van der Waals surface area contributed by atoms with Crippen LogP contribution >= 0.6 is 12.8 Å². The van der Waals surface area contributed by atoms with Crippen LogP contribution in [0.15, 0.2) is 29.5 Å². The van der Waals surface area contributed by atoms with E-state index in [9.17, 15) is 14.3 Å². The van der Waals surface area contributed by atoms with Gasteiger partial charge in [-0.3, -0.25) is 9.10 Å². The van der Waals surface area contributed by atoms with Crippen molar-refractivity contribution in [3.8, 4) is 6.07 Å². The fourth-order valence-electron chi connectivity index (χ4n) is 1.96. The summed E-state index contributed by atoms with van der Waals surface area (Å²) >= 11 is 4.08. The van der Waals surface area contributed by atoms with Crippen molar-refractivity contribution in [2.45, 2.75) is 26.2 Å². The van der Waals surface area contributed by atoms with Gasteiger partial charge in [-0.25, -0.2) is 4.39 Å². The molecule has 0 aromatic heterocycles. The highest BCUT2D eigenvalue weighted by molar-refractivity contribution is 7.82. The second kappa shape index (κ2) is 6.19. The zero-order valence-corrected chi connectivity index (χ0v) is 12.4. The van der Waals surface area contributed by atoms with Crippen LogP contribution in [0.25, 0.3) is 0 Å². The maximum absolute atomic E-state index is 13.5. The van der Waals surface area contributed by atoms with Gasteiger partial charge in [0.25, 0.3) is 5.91 Å². The molecule has 1 aliphatic carbocycles. The van der Waals surface area contributed by atoms with E-state index in [0.29, 0.717) is 17.7 Å². The quantitative estimate of drug-likeness (QED) is 0.388. The standard InChI is InChI=1S/C15H15FN2O2S/c1-2-9-7-11(5-6-13(9)16)18(21)15(20)12(8-17)14(19)10-3-4-10/h5-7,10,19,21H,2-4H2,1H3. The molecule has 21 heavy (non-hydrogen) atoms. The highest BCUT2D eigenvalue weighted by Gasteiger charge is 2.32. The van der Waals surface area contributed by atoms with Gasteiger partial charge >= 0.3 is 0 Å². The monoisotopic (exact) mass is 306 g/mol. The Bertz CT molecular complexity index is 648. The maximum atomic E-state index is 13.5. The molecule has 0 spiro atoms. The molecule has 0 aliphatic heterocycles. The van der Waals surface area contributed by atoms with E-state index in [1.54, 1.807) is 13.0 Å². The summed E-state index contributed by atoms with van der Waals surface area (Å²) in [5.41, 5.74) is 0.501. The Morgan fingerprint density at radius 1 is 1.57 bits per heavy atom. The molecule has 1 saturated carbocycles. The Labute approximate surface area is 128 Å². The summed E-state index contributed by atoms with van der Waals surface area (Å²) in [5.74, 6) is -1.35. The Hall–Kier alpha value is -2.00. The van der Waals surface area contributed by atoms with Gasteiger partial charge in [0.2, 0.25) is 0 Å². The van der Waals surface area contributed by atoms with E-state index >= 15 is 0 Å². The second-order valence-electron chi connectivity index (χ2n) is 4.89. The minimum atomic E-state index is -0.709. The number of benzene rings is 1. The van der Waals surface area contributed by atoms with Crippen LogP contribution in [-0.2, 0) is 11.2 Å². The third kappa shape index (κ3) is 3.19. The van der Waals surface area contributed by atoms with Crippen LogP contribution in [0.2, 0.25) is 0 Å². The Kier molecular flexibility index (Phi) is 4.53. The fourth-order valence-corrected chi connectivity index (χ4v) is 2.19. The Morgan fingerprint density at radius 2 is 2.24 bits per heavy atom. The van der Waals surface area contributed by atoms with E-state index in [4.69, 9.17) is 5.26 Å². The molecule has 0 radical (unpaired) electrons. The van der Waals surface area contributed by atoms with Gasteiger partial charge in [-0.1, -0.05) is 19.7 Å². The topological polar surface area (TPSA) is 64.3 Å². The molecule has 1 fully saturated rings. The molecule has 1 N–H and O–H groups in total. The summed E-state index contributed by atoms with van der Waals surface area (Å²) in [4.78, 5) is 12.2. The number of allylic oxidation sites excluding steroid dienone is 1.